The molecule has 2 rings (SSSR count). The number of nitrogens with two attached hydrogens (primary N) is 1. The van der Waals surface area contributed by atoms with Crippen molar-refractivity contribution < 1.29 is 9.53 Å². The lowest BCUT2D eigenvalue weighted by molar-refractivity contribution is 0.0922. The number of aromatic amines is 1. The number of ether oxygens (including phenoxy) is 1. The van der Waals surface area contributed by atoms with Crippen LogP contribution in [-0.2, 0) is 4.74 Å². The minimum atomic E-state index is -0.0727. The second kappa shape index (κ2) is 6.18. The van der Waals surface area contributed by atoms with Crippen molar-refractivity contribution in [3.63, 3.8) is 0 Å². The van der Waals surface area contributed by atoms with E-state index in [1.165, 1.54) is 0 Å². The molecule has 1 amide bonds. The van der Waals surface area contributed by atoms with Crippen molar-refractivity contribution in [1.29, 1.82) is 0 Å². The summed E-state index contributed by atoms with van der Waals surface area (Å²) < 4.78 is 5.10. The number of hydrogen-bond donors (Lipinski definition) is 3. The molecule has 21 heavy (non-hydrogen) atoms. The Bertz CT molecular complexity index is 631. The van der Waals surface area contributed by atoms with Crippen molar-refractivity contribution in [1.82, 2.24) is 10.3 Å². The largest absolute Gasteiger partial charge is 0.399 e. The van der Waals surface area contributed by atoms with Crippen LogP contribution in [0.3, 0.4) is 0 Å². The Morgan fingerprint density at radius 2 is 2.19 bits per heavy atom. The molecule has 1 aromatic heterocycles. The zero-order valence-electron chi connectivity index (χ0n) is 12.8. The van der Waals surface area contributed by atoms with Gasteiger partial charge in [0, 0.05) is 43.0 Å². The third kappa shape index (κ3) is 3.76. The number of H-pyrrole nitrogens is 1. The van der Waals surface area contributed by atoms with Gasteiger partial charge in [-0.2, -0.15) is 0 Å². The molecule has 0 saturated heterocycles. The van der Waals surface area contributed by atoms with Gasteiger partial charge in [-0.05, 0) is 30.0 Å². The highest BCUT2D eigenvalue weighted by Crippen LogP contribution is 2.22. The lowest BCUT2D eigenvalue weighted by atomic mass is 9.89. The predicted molar refractivity (Wildman–Crippen MR) is 85.3 cm³/mol. The Morgan fingerprint density at radius 1 is 1.43 bits per heavy atom. The Balaban J connectivity index is 2.06. The van der Waals surface area contributed by atoms with Crippen molar-refractivity contribution in [2.24, 2.45) is 5.41 Å². The van der Waals surface area contributed by atoms with E-state index in [9.17, 15) is 4.79 Å². The van der Waals surface area contributed by atoms with E-state index >= 15 is 0 Å². The van der Waals surface area contributed by atoms with Gasteiger partial charge in [0.2, 0.25) is 0 Å². The number of rotatable bonds is 6. The van der Waals surface area contributed by atoms with Crippen LogP contribution in [0.4, 0.5) is 5.69 Å². The molecule has 1 heterocycles. The van der Waals surface area contributed by atoms with Gasteiger partial charge in [0.05, 0.1) is 5.56 Å². The fourth-order valence-electron chi connectivity index (χ4n) is 2.21. The van der Waals surface area contributed by atoms with Crippen molar-refractivity contribution >= 4 is 22.5 Å². The molecule has 0 bridgehead atoms. The van der Waals surface area contributed by atoms with Gasteiger partial charge in [0.15, 0.2) is 0 Å². The van der Waals surface area contributed by atoms with Gasteiger partial charge >= 0.3 is 0 Å². The van der Waals surface area contributed by atoms with Crippen LogP contribution in [0.2, 0.25) is 0 Å². The van der Waals surface area contributed by atoms with E-state index in [0.717, 1.165) is 17.3 Å². The van der Waals surface area contributed by atoms with Crippen molar-refractivity contribution in [3.8, 4) is 0 Å². The molecule has 1 aromatic carbocycles. The molecule has 2 aromatic rings. The summed E-state index contributed by atoms with van der Waals surface area (Å²) >= 11 is 0. The first kappa shape index (κ1) is 15.4. The normalized spacial score (nSPS) is 11.8. The zero-order chi connectivity index (χ0) is 15.5. The SMILES string of the molecule is COCCC(C)(C)CNC(=O)c1c[nH]c2cc(N)ccc12. The molecule has 0 atom stereocenters. The van der Waals surface area contributed by atoms with E-state index in [0.29, 0.717) is 24.4 Å². The van der Waals surface area contributed by atoms with Crippen molar-refractivity contribution in [3.05, 3.63) is 30.0 Å². The zero-order valence-corrected chi connectivity index (χ0v) is 12.8. The van der Waals surface area contributed by atoms with E-state index in [2.05, 4.69) is 24.1 Å². The molecule has 0 aliphatic rings. The molecule has 5 nitrogen and oxygen atoms in total. The molecule has 0 aliphatic carbocycles. The molecule has 0 aliphatic heterocycles. The second-order valence-electron chi connectivity index (χ2n) is 6.10. The minimum absolute atomic E-state index is 0.00219. The van der Waals surface area contributed by atoms with Crippen LogP contribution >= 0.6 is 0 Å². The number of carbonyl (C=O) groups excluding carboxylic acids is 1. The van der Waals surface area contributed by atoms with E-state index in [-0.39, 0.29) is 11.3 Å². The van der Waals surface area contributed by atoms with Crippen LogP contribution in [0.25, 0.3) is 10.9 Å². The summed E-state index contributed by atoms with van der Waals surface area (Å²) in [6.07, 6.45) is 2.62. The standard InChI is InChI=1S/C16H23N3O2/c1-16(2,6-7-21-3)10-19-15(20)13-9-18-14-8-11(17)4-5-12(13)14/h4-5,8-9,18H,6-7,10,17H2,1-3H3,(H,19,20). The Morgan fingerprint density at radius 3 is 2.90 bits per heavy atom. The smallest absolute Gasteiger partial charge is 0.253 e. The van der Waals surface area contributed by atoms with Gasteiger partial charge in [0.1, 0.15) is 0 Å². The van der Waals surface area contributed by atoms with Gasteiger partial charge in [0.25, 0.3) is 5.91 Å². The summed E-state index contributed by atoms with van der Waals surface area (Å²) in [6, 6.07) is 5.50. The highest BCUT2D eigenvalue weighted by molar-refractivity contribution is 6.07. The molecule has 0 saturated carbocycles. The van der Waals surface area contributed by atoms with Gasteiger partial charge in [-0.1, -0.05) is 13.8 Å². The number of aromatic nitrogens is 1. The predicted octanol–water partition coefficient (Wildman–Crippen LogP) is 2.54. The fourth-order valence-corrected chi connectivity index (χ4v) is 2.21. The van der Waals surface area contributed by atoms with Crippen LogP contribution in [-0.4, -0.2) is 31.2 Å². The Kier molecular flexibility index (Phi) is 4.53. The third-order valence-corrected chi connectivity index (χ3v) is 3.66. The van der Waals surface area contributed by atoms with Crippen LogP contribution in [0.1, 0.15) is 30.6 Å². The number of nitrogen functional groups attached to an aromatic ring is 1. The van der Waals surface area contributed by atoms with E-state index < -0.39 is 0 Å². The maximum Gasteiger partial charge on any atom is 0.253 e. The lowest BCUT2D eigenvalue weighted by Crippen LogP contribution is -2.34. The van der Waals surface area contributed by atoms with E-state index in [1.54, 1.807) is 19.4 Å². The average molecular weight is 289 g/mol. The minimum Gasteiger partial charge on any atom is -0.399 e. The molecule has 0 fully saturated rings. The number of fused-ring (bicyclic) bond motifs is 1. The molecule has 4 N–H and O–H groups in total. The van der Waals surface area contributed by atoms with Crippen LogP contribution in [0, 0.1) is 5.41 Å². The molecule has 0 spiro atoms. The number of methoxy groups -OCH3 is 1. The first-order chi connectivity index (χ1) is 9.93. The summed E-state index contributed by atoms with van der Waals surface area (Å²) in [4.78, 5) is 15.4. The topological polar surface area (TPSA) is 80.1 Å². The number of nitrogens with one attached hydrogen (secondary N) is 2. The molecule has 114 valence electrons. The van der Waals surface area contributed by atoms with Crippen molar-refractivity contribution in [2.45, 2.75) is 20.3 Å². The third-order valence-electron chi connectivity index (χ3n) is 3.66. The summed E-state index contributed by atoms with van der Waals surface area (Å²) in [5.41, 5.74) is 7.94. The van der Waals surface area contributed by atoms with Gasteiger partial charge < -0.3 is 20.8 Å². The first-order valence-corrected chi connectivity index (χ1v) is 7.07. The highest BCUT2D eigenvalue weighted by Gasteiger charge is 2.20. The monoisotopic (exact) mass is 289 g/mol. The summed E-state index contributed by atoms with van der Waals surface area (Å²) in [5.74, 6) is -0.0727. The summed E-state index contributed by atoms with van der Waals surface area (Å²) in [7, 11) is 1.69. The quantitative estimate of drug-likeness (QED) is 0.715. The summed E-state index contributed by atoms with van der Waals surface area (Å²) in [5, 5.41) is 3.88. The van der Waals surface area contributed by atoms with E-state index in [4.69, 9.17) is 10.5 Å². The maximum absolute atomic E-state index is 12.3. The first-order valence-electron chi connectivity index (χ1n) is 7.07. The number of carbonyl (C=O) groups is 1. The summed E-state index contributed by atoms with van der Waals surface area (Å²) in [6.45, 7) is 5.52. The average Bonchev–Trinajstić information content (AvgIpc) is 2.85. The van der Waals surface area contributed by atoms with Crippen LogP contribution < -0.4 is 11.1 Å². The number of benzene rings is 1. The Labute approximate surface area is 124 Å². The molecule has 0 radical (unpaired) electrons. The van der Waals surface area contributed by atoms with Crippen LogP contribution in [0.15, 0.2) is 24.4 Å². The molecular formula is C16H23N3O2. The maximum atomic E-state index is 12.3. The molecule has 0 unspecified atom stereocenters. The lowest BCUT2D eigenvalue weighted by Gasteiger charge is -2.24. The highest BCUT2D eigenvalue weighted by atomic mass is 16.5. The van der Waals surface area contributed by atoms with Gasteiger partial charge in [-0.15, -0.1) is 0 Å². The number of anilines is 1. The Hall–Kier alpha value is -2.01. The van der Waals surface area contributed by atoms with Gasteiger partial charge in [-0.3, -0.25) is 4.79 Å². The fraction of sp³-hybridized carbons (Fsp3) is 0.438. The molecular weight excluding hydrogens is 266 g/mol. The van der Waals surface area contributed by atoms with E-state index in [1.807, 2.05) is 12.1 Å². The van der Waals surface area contributed by atoms with Crippen LogP contribution in [0.5, 0.6) is 0 Å². The van der Waals surface area contributed by atoms with Gasteiger partial charge in [-0.25, -0.2) is 0 Å². The second-order valence-corrected chi connectivity index (χ2v) is 6.10. The number of hydrogen-bond acceptors (Lipinski definition) is 3. The molecule has 5 heteroatoms. The number of amides is 1. The van der Waals surface area contributed by atoms with Crippen molar-refractivity contribution in [2.75, 3.05) is 26.0 Å².